The molecule has 0 saturated carbocycles. The number of nitrogens with zero attached hydrogens (tertiary/aromatic N) is 3. The summed E-state index contributed by atoms with van der Waals surface area (Å²) in [6.07, 6.45) is 20.4. The van der Waals surface area contributed by atoms with Gasteiger partial charge in [-0.05, 0) is 124 Å². The fraction of sp³-hybridized carbons (Fsp3) is 0.0417. The second-order valence-corrected chi connectivity index (χ2v) is 12.9. The third-order valence-corrected chi connectivity index (χ3v) is 9.45. The van der Waals surface area contributed by atoms with Crippen molar-refractivity contribution in [2.75, 3.05) is 0 Å². The highest BCUT2D eigenvalue weighted by molar-refractivity contribution is 6.26. The maximum absolute atomic E-state index is 7.90. The number of nitrogens with two attached hydrogens (primary N) is 2. The van der Waals surface area contributed by atoms with Gasteiger partial charge in [0.05, 0.1) is 22.8 Å². The van der Waals surface area contributed by atoms with E-state index in [-0.39, 0.29) is 0 Å². The molecule has 0 aliphatic rings. The molecule has 0 bridgehead atoms. The van der Waals surface area contributed by atoms with Crippen molar-refractivity contribution < 1.29 is 0 Å². The molecular formula is C48H40N6. The predicted molar refractivity (Wildman–Crippen MR) is 229 cm³/mol. The lowest BCUT2D eigenvalue weighted by molar-refractivity contribution is 1.27. The fourth-order valence-corrected chi connectivity index (χ4v) is 6.70. The molecule has 0 saturated heterocycles. The summed E-state index contributed by atoms with van der Waals surface area (Å²) in [6.45, 7) is 5.84. The fourth-order valence-electron chi connectivity index (χ4n) is 6.70. The molecule has 7 aromatic rings. The summed E-state index contributed by atoms with van der Waals surface area (Å²) in [6, 6.07) is 35.8. The lowest BCUT2D eigenvalue weighted by Crippen LogP contribution is -1.95. The Labute approximate surface area is 315 Å². The summed E-state index contributed by atoms with van der Waals surface area (Å²) in [7, 11) is 0. The molecule has 0 amide bonds. The van der Waals surface area contributed by atoms with Gasteiger partial charge in [-0.2, -0.15) is 0 Å². The van der Waals surface area contributed by atoms with E-state index in [0.29, 0.717) is 11.3 Å². The van der Waals surface area contributed by atoms with E-state index in [9.17, 15) is 0 Å². The number of allylic oxidation sites excluding steroid dienone is 9. The minimum atomic E-state index is 0.673. The van der Waals surface area contributed by atoms with E-state index >= 15 is 0 Å². The molecule has 3 heterocycles. The Bertz CT molecular complexity index is 2700. The van der Waals surface area contributed by atoms with E-state index in [4.69, 9.17) is 26.8 Å². The second kappa shape index (κ2) is 16.0. The molecule has 0 fully saturated rings. The summed E-state index contributed by atoms with van der Waals surface area (Å²) in [4.78, 5) is 14.1. The molecule has 0 aliphatic heterocycles. The van der Waals surface area contributed by atoms with E-state index in [1.54, 1.807) is 24.5 Å². The zero-order chi connectivity index (χ0) is 37.4. The van der Waals surface area contributed by atoms with Crippen LogP contribution in [0, 0.1) is 5.41 Å². The maximum Gasteiger partial charge on any atom is 0.0724 e. The monoisotopic (exact) mass is 700 g/mol. The average Bonchev–Trinajstić information content (AvgIpc) is 3.23. The Morgan fingerprint density at radius 3 is 1.98 bits per heavy atom. The van der Waals surface area contributed by atoms with Gasteiger partial charge in [0, 0.05) is 46.6 Å². The van der Waals surface area contributed by atoms with Crippen molar-refractivity contribution >= 4 is 55.4 Å². The molecule has 7 rings (SSSR count). The molecular weight excluding hydrogens is 661 g/mol. The van der Waals surface area contributed by atoms with Crippen molar-refractivity contribution in [3.63, 3.8) is 0 Å². The van der Waals surface area contributed by atoms with Gasteiger partial charge >= 0.3 is 0 Å². The van der Waals surface area contributed by atoms with E-state index < -0.39 is 0 Å². The Hall–Kier alpha value is -7.18. The minimum Gasteiger partial charge on any atom is -0.405 e. The van der Waals surface area contributed by atoms with Crippen LogP contribution in [0.15, 0.2) is 171 Å². The maximum atomic E-state index is 7.90. The third-order valence-electron chi connectivity index (χ3n) is 9.45. The van der Waals surface area contributed by atoms with Crippen molar-refractivity contribution in [3.8, 4) is 22.5 Å². The van der Waals surface area contributed by atoms with E-state index in [2.05, 4.69) is 78.3 Å². The zero-order valence-electron chi connectivity index (χ0n) is 30.1. The number of fused-ring (bicyclic) bond motifs is 6. The average molecular weight is 701 g/mol. The molecule has 6 nitrogen and oxygen atoms in total. The Morgan fingerprint density at radius 2 is 1.35 bits per heavy atom. The molecule has 6 heteroatoms. The van der Waals surface area contributed by atoms with Gasteiger partial charge in [0.1, 0.15) is 0 Å². The first-order valence-electron chi connectivity index (χ1n) is 17.8. The van der Waals surface area contributed by atoms with Gasteiger partial charge in [-0.3, -0.25) is 4.98 Å². The summed E-state index contributed by atoms with van der Waals surface area (Å²) >= 11 is 0. The van der Waals surface area contributed by atoms with Crippen molar-refractivity contribution in [1.29, 1.82) is 5.41 Å². The Morgan fingerprint density at radius 1 is 0.704 bits per heavy atom. The van der Waals surface area contributed by atoms with Gasteiger partial charge < -0.3 is 16.9 Å². The van der Waals surface area contributed by atoms with Crippen LogP contribution in [0.1, 0.15) is 29.4 Å². The number of pyridine rings is 3. The summed E-state index contributed by atoms with van der Waals surface area (Å²) in [5, 5.41) is 14.8. The molecule has 54 heavy (non-hydrogen) atoms. The first-order valence-corrected chi connectivity index (χ1v) is 17.8. The van der Waals surface area contributed by atoms with Crippen LogP contribution in [0.2, 0.25) is 0 Å². The molecule has 5 N–H and O–H groups in total. The van der Waals surface area contributed by atoms with E-state index in [0.717, 1.165) is 73.0 Å². The van der Waals surface area contributed by atoms with Crippen LogP contribution in [0.4, 0.5) is 0 Å². The highest BCUT2D eigenvalue weighted by atomic mass is 14.7. The topological polar surface area (TPSA) is 115 Å². The first-order chi connectivity index (χ1) is 26.5. The van der Waals surface area contributed by atoms with Gasteiger partial charge in [0.2, 0.25) is 0 Å². The SMILES string of the molecule is C=C/C=C(\C=N)c1cccc(-c2ccc3c(c2)c2ccc(C/C=C\C=C(/N)c4cccnc4)cc2c2ccc(-c4cccc(/C(C)=C/C=C\N)n4)cc23)n1. The molecule has 4 aromatic carbocycles. The van der Waals surface area contributed by atoms with Crippen LogP contribution in [0.5, 0.6) is 0 Å². The Kier molecular flexibility index (Phi) is 10.4. The van der Waals surface area contributed by atoms with Gasteiger partial charge in [-0.15, -0.1) is 0 Å². The highest BCUT2D eigenvalue weighted by Crippen LogP contribution is 2.39. The van der Waals surface area contributed by atoms with Crippen LogP contribution < -0.4 is 11.5 Å². The van der Waals surface area contributed by atoms with Crippen molar-refractivity contribution in [3.05, 3.63) is 193 Å². The number of rotatable bonds is 11. The quantitative estimate of drug-likeness (QED) is 0.0706. The molecule has 0 aliphatic carbocycles. The van der Waals surface area contributed by atoms with Crippen LogP contribution in [0.25, 0.3) is 71.7 Å². The van der Waals surface area contributed by atoms with Crippen LogP contribution >= 0.6 is 0 Å². The van der Waals surface area contributed by atoms with Crippen molar-refractivity contribution in [1.82, 2.24) is 15.0 Å². The van der Waals surface area contributed by atoms with Gasteiger partial charge in [0.25, 0.3) is 0 Å². The van der Waals surface area contributed by atoms with E-state index in [1.807, 2.05) is 73.7 Å². The molecule has 0 atom stereocenters. The summed E-state index contributed by atoms with van der Waals surface area (Å²) < 4.78 is 0. The molecule has 262 valence electrons. The van der Waals surface area contributed by atoms with Crippen LogP contribution in [-0.2, 0) is 6.42 Å². The number of hydrogen-bond acceptors (Lipinski definition) is 6. The number of aromatic nitrogens is 3. The molecule has 0 unspecified atom stereocenters. The predicted octanol–water partition coefficient (Wildman–Crippen LogP) is 10.9. The van der Waals surface area contributed by atoms with Crippen LogP contribution in [-0.4, -0.2) is 21.2 Å². The molecule has 0 radical (unpaired) electrons. The van der Waals surface area contributed by atoms with Crippen LogP contribution in [0.3, 0.4) is 0 Å². The van der Waals surface area contributed by atoms with Gasteiger partial charge in [0.15, 0.2) is 0 Å². The normalized spacial score (nSPS) is 12.7. The van der Waals surface area contributed by atoms with Gasteiger partial charge in [-0.25, -0.2) is 9.97 Å². The highest BCUT2D eigenvalue weighted by Gasteiger charge is 2.14. The van der Waals surface area contributed by atoms with E-state index in [1.165, 1.54) is 28.8 Å². The second-order valence-electron chi connectivity index (χ2n) is 12.9. The smallest absolute Gasteiger partial charge is 0.0724 e. The zero-order valence-corrected chi connectivity index (χ0v) is 30.1. The standard InChI is InChI=1S/C48H40N6/c1-3-10-36(30-50)48-18-7-17-47(54-48)35-21-24-40-42(29-35)38-22-19-33(12-4-5-14-44(51)37-13-9-26-52-31-37)27-41(38)39-23-20-34(28-43(39)40)46-16-6-15-45(53-46)32(2)11-8-25-49/h3-11,13-31,50H,1,12,49,51H2,2H3/b5-4-,25-8-,32-11+,36-10+,44-14-,50-30?. The van der Waals surface area contributed by atoms with Crippen molar-refractivity contribution in [2.24, 2.45) is 11.5 Å². The minimum absolute atomic E-state index is 0.673. The third kappa shape index (κ3) is 7.40. The Balaban J connectivity index is 1.37. The number of nitrogens with one attached hydrogen (secondary N) is 1. The molecule has 0 spiro atoms. The lowest BCUT2D eigenvalue weighted by atomic mass is 9.90. The number of hydrogen-bond donors (Lipinski definition) is 3. The van der Waals surface area contributed by atoms with Gasteiger partial charge in [-0.1, -0.05) is 91.6 Å². The van der Waals surface area contributed by atoms with Crippen molar-refractivity contribution in [2.45, 2.75) is 13.3 Å². The first kappa shape index (κ1) is 35.2. The summed E-state index contributed by atoms with van der Waals surface area (Å²) in [5.74, 6) is 0. The lowest BCUT2D eigenvalue weighted by Gasteiger charge is -2.15. The number of benzene rings is 4. The largest absolute Gasteiger partial charge is 0.405 e. The summed E-state index contributed by atoms with van der Waals surface area (Å²) in [5.41, 5.74) is 21.8. The molecule has 3 aromatic heterocycles.